The zero-order valence-corrected chi connectivity index (χ0v) is 16.5. The van der Waals surface area contributed by atoms with Crippen LogP contribution in [-0.4, -0.2) is 50.9 Å². The summed E-state index contributed by atoms with van der Waals surface area (Å²) >= 11 is 1.49. The van der Waals surface area contributed by atoms with Gasteiger partial charge < -0.3 is 10.2 Å². The highest BCUT2D eigenvalue weighted by Crippen LogP contribution is 2.41. The normalized spacial score (nSPS) is 23.4. The number of amides is 1. The van der Waals surface area contributed by atoms with Gasteiger partial charge in [-0.25, -0.2) is 4.68 Å². The number of anilines is 1. The summed E-state index contributed by atoms with van der Waals surface area (Å²) in [5, 5.41) is 6.86. The van der Waals surface area contributed by atoms with Crippen molar-refractivity contribution in [3.8, 4) is 0 Å². The molecule has 2 aliphatic heterocycles. The number of nitrogens with one attached hydrogen (secondary N) is 1. The molecule has 0 radical (unpaired) electrons. The van der Waals surface area contributed by atoms with Gasteiger partial charge in [0.05, 0.1) is 4.88 Å². The van der Waals surface area contributed by atoms with E-state index < -0.39 is 12.2 Å². The molecule has 2 aromatic heterocycles. The van der Waals surface area contributed by atoms with Crippen molar-refractivity contribution in [1.82, 2.24) is 19.7 Å². The van der Waals surface area contributed by atoms with Crippen molar-refractivity contribution < 1.29 is 18.0 Å². The lowest BCUT2D eigenvalue weighted by molar-refractivity contribution is -0.174. The number of carbonyl (C=O) groups excluding carboxylic acids is 1. The average Bonchev–Trinajstić information content (AvgIpc) is 3.26. The summed E-state index contributed by atoms with van der Waals surface area (Å²) in [6, 6.07) is -0.0718. The highest BCUT2D eigenvalue weighted by Gasteiger charge is 2.48. The van der Waals surface area contributed by atoms with E-state index in [2.05, 4.69) is 15.4 Å². The maximum Gasteiger partial charge on any atom is 0.411 e. The van der Waals surface area contributed by atoms with Gasteiger partial charge >= 0.3 is 6.18 Å². The standard InChI is InChI=1S/C18H22F3N5OS/c1-10-7-14(28-11(10)2)16(27)25-5-3-12(4-6-25)13-8-15(18(19,20)21)26-17(24-13)22-9-23-26/h7,9,12-13,15H,3-6,8H2,1-2H3,(H,22,23,24)/t13-,15+/m0/s1. The Kier molecular flexibility index (Phi) is 4.84. The molecule has 0 saturated carbocycles. The minimum absolute atomic E-state index is 0.0177. The molecule has 1 N–H and O–H groups in total. The van der Waals surface area contributed by atoms with Crippen molar-refractivity contribution in [3.63, 3.8) is 0 Å². The number of nitrogens with zero attached hydrogens (tertiary/aromatic N) is 4. The van der Waals surface area contributed by atoms with Gasteiger partial charge in [0.15, 0.2) is 6.04 Å². The van der Waals surface area contributed by atoms with E-state index in [-0.39, 0.29) is 30.2 Å². The fourth-order valence-electron chi connectivity index (χ4n) is 4.07. The molecule has 10 heteroatoms. The van der Waals surface area contributed by atoms with Gasteiger partial charge in [-0.1, -0.05) is 0 Å². The molecule has 4 rings (SSSR count). The smallest absolute Gasteiger partial charge is 0.351 e. The van der Waals surface area contributed by atoms with Crippen LogP contribution in [0.15, 0.2) is 12.4 Å². The Labute approximate surface area is 164 Å². The molecule has 4 heterocycles. The molecule has 0 bridgehead atoms. The van der Waals surface area contributed by atoms with Crippen LogP contribution in [0.5, 0.6) is 0 Å². The minimum atomic E-state index is -4.37. The van der Waals surface area contributed by atoms with E-state index in [4.69, 9.17) is 0 Å². The number of hydrogen-bond donors (Lipinski definition) is 1. The molecule has 0 unspecified atom stereocenters. The van der Waals surface area contributed by atoms with Crippen LogP contribution in [0.4, 0.5) is 19.1 Å². The molecule has 6 nitrogen and oxygen atoms in total. The second-order valence-corrected chi connectivity index (χ2v) is 8.81. The lowest BCUT2D eigenvalue weighted by Gasteiger charge is -2.40. The van der Waals surface area contributed by atoms with E-state index in [0.717, 1.165) is 26.3 Å². The number of likely N-dealkylation sites (tertiary alicyclic amines) is 1. The van der Waals surface area contributed by atoms with Crippen LogP contribution in [0.1, 0.15) is 45.4 Å². The van der Waals surface area contributed by atoms with Gasteiger partial charge in [-0.05, 0) is 50.7 Å². The van der Waals surface area contributed by atoms with Crippen LogP contribution in [0.2, 0.25) is 0 Å². The van der Waals surface area contributed by atoms with Crippen molar-refractivity contribution in [1.29, 1.82) is 0 Å². The van der Waals surface area contributed by atoms with Crippen LogP contribution < -0.4 is 5.32 Å². The highest BCUT2D eigenvalue weighted by atomic mass is 32.1. The van der Waals surface area contributed by atoms with Crippen molar-refractivity contribution in [3.05, 3.63) is 27.7 Å². The van der Waals surface area contributed by atoms with E-state index in [9.17, 15) is 18.0 Å². The Bertz CT molecular complexity index is 849. The molecule has 2 atom stereocenters. The van der Waals surface area contributed by atoms with E-state index in [1.54, 1.807) is 0 Å². The van der Waals surface area contributed by atoms with E-state index >= 15 is 0 Å². The summed E-state index contributed by atoms with van der Waals surface area (Å²) in [5.74, 6) is 0.247. The quantitative estimate of drug-likeness (QED) is 0.814. The molecular weight excluding hydrogens is 391 g/mol. The second kappa shape index (κ2) is 7.06. The van der Waals surface area contributed by atoms with E-state index in [1.165, 1.54) is 11.3 Å². The molecule has 2 aromatic rings. The van der Waals surface area contributed by atoms with Crippen molar-refractivity contribution >= 4 is 23.2 Å². The zero-order valence-electron chi connectivity index (χ0n) is 15.7. The molecule has 152 valence electrons. The molecule has 1 fully saturated rings. The summed E-state index contributed by atoms with van der Waals surface area (Å²) < 4.78 is 41.3. The first-order chi connectivity index (χ1) is 13.2. The lowest BCUT2D eigenvalue weighted by atomic mass is 9.85. The monoisotopic (exact) mass is 413 g/mol. The number of piperidine rings is 1. The number of halogens is 3. The maximum absolute atomic E-state index is 13.5. The number of fused-ring (bicyclic) bond motifs is 1. The number of aryl methyl sites for hydroxylation is 2. The Morgan fingerprint density at radius 2 is 2.00 bits per heavy atom. The molecule has 2 aliphatic rings. The predicted octanol–water partition coefficient (Wildman–Crippen LogP) is 3.80. The first kappa shape index (κ1) is 19.2. The van der Waals surface area contributed by atoms with Gasteiger partial charge in [0.1, 0.15) is 6.33 Å². The molecule has 0 aliphatic carbocycles. The molecular formula is C18H22F3N5OS. The molecule has 1 amide bonds. The van der Waals surface area contributed by atoms with E-state index in [1.807, 2.05) is 24.8 Å². The number of alkyl halides is 3. The second-order valence-electron chi connectivity index (χ2n) is 7.55. The lowest BCUT2D eigenvalue weighted by Crippen LogP contribution is -2.47. The summed E-state index contributed by atoms with van der Waals surface area (Å²) in [6.07, 6.45) is -1.94. The van der Waals surface area contributed by atoms with Crippen LogP contribution in [0, 0.1) is 19.8 Å². The van der Waals surface area contributed by atoms with Crippen LogP contribution in [-0.2, 0) is 0 Å². The Morgan fingerprint density at radius 1 is 1.29 bits per heavy atom. The number of rotatable bonds is 2. The summed E-state index contributed by atoms with van der Waals surface area (Å²) in [6.45, 7) is 5.09. The first-order valence-electron chi connectivity index (χ1n) is 9.33. The number of thiophene rings is 1. The van der Waals surface area contributed by atoms with Gasteiger partial charge in [-0.2, -0.15) is 23.3 Å². The number of aromatic nitrogens is 3. The van der Waals surface area contributed by atoms with Crippen molar-refractivity contribution in [2.75, 3.05) is 18.4 Å². The number of hydrogen-bond acceptors (Lipinski definition) is 5. The van der Waals surface area contributed by atoms with Crippen LogP contribution >= 0.6 is 11.3 Å². The first-order valence-corrected chi connectivity index (χ1v) is 10.1. The Hall–Kier alpha value is -2.10. The van der Waals surface area contributed by atoms with E-state index in [0.29, 0.717) is 25.9 Å². The predicted molar refractivity (Wildman–Crippen MR) is 99.6 cm³/mol. The van der Waals surface area contributed by atoms with Crippen molar-refractivity contribution in [2.45, 2.75) is 51.4 Å². The summed E-state index contributed by atoms with van der Waals surface area (Å²) in [7, 11) is 0. The summed E-state index contributed by atoms with van der Waals surface area (Å²) in [4.78, 5) is 20.3. The fraction of sp³-hybridized carbons (Fsp3) is 0.611. The average molecular weight is 413 g/mol. The third kappa shape index (κ3) is 3.49. The SMILES string of the molecule is Cc1cc(C(=O)N2CCC([C@@H]3C[C@H](C(F)(F)F)n4ncnc4N3)CC2)sc1C. The minimum Gasteiger partial charge on any atom is -0.351 e. The fourth-order valence-corrected chi connectivity index (χ4v) is 5.07. The third-order valence-corrected chi connectivity index (χ3v) is 6.95. The maximum atomic E-state index is 13.5. The van der Waals surface area contributed by atoms with Gasteiger partial charge in [0, 0.05) is 24.0 Å². The third-order valence-electron chi connectivity index (χ3n) is 5.81. The van der Waals surface area contributed by atoms with Gasteiger partial charge in [-0.3, -0.25) is 4.79 Å². The number of carbonyl (C=O) groups is 1. The van der Waals surface area contributed by atoms with Gasteiger partial charge in [0.2, 0.25) is 5.95 Å². The van der Waals surface area contributed by atoms with Crippen LogP contribution in [0.3, 0.4) is 0 Å². The van der Waals surface area contributed by atoms with Crippen LogP contribution in [0.25, 0.3) is 0 Å². The molecule has 1 saturated heterocycles. The Morgan fingerprint density at radius 3 is 2.61 bits per heavy atom. The Balaban J connectivity index is 1.42. The van der Waals surface area contributed by atoms with Crippen molar-refractivity contribution in [2.24, 2.45) is 5.92 Å². The zero-order chi connectivity index (χ0) is 20.1. The van der Waals surface area contributed by atoms with Gasteiger partial charge in [0.25, 0.3) is 5.91 Å². The molecule has 0 spiro atoms. The topological polar surface area (TPSA) is 63.1 Å². The molecule has 28 heavy (non-hydrogen) atoms. The summed E-state index contributed by atoms with van der Waals surface area (Å²) in [5.41, 5.74) is 1.11. The molecule has 0 aromatic carbocycles. The highest BCUT2D eigenvalue weighted by molar-refractivity contribution is 7.14. The van der Waals surface area contributed by atoms with Gasteiger partial charge in [-0.15, -0.1) is 11.3 Å². The largest absolute Gasteiger partial charge is 0.411 e.